The van der Waals surface area contributed by atoms with Crippen molar-refractivity contribution in [3.8, 4) is 0 Å². The number of hydrogen-bond donors (Lipinski definition) is 1. The predicted molar refractivity (Wildman–Crippen MR) is 80.8 cm³/mol. The van der Waals surface area contributed by atoms with Gasteiger partial charge in [-0.3, -0.25) is 9.48 Å². The molecule has 2 rings (SSSR count). The number of amides is 1. The van der Waals surface area contributed by atoms with Crippen molar-refractivity contribution in [1.29, 1.82) is 0 Å². The highest BCUT2D eigenvalue weighted by atomic mass is 16.5. The number of hydrogen-bond acceptors (Lipinski definition) is 4. The minimum atomic E-state index is -0.194. The summed E-state index contributed by atoms with van der Waals surface area (Å²) in [6.45, 7) is 3.45. The van der Waals surface area contributed by atoms with Gasteiger partial charge in [0.1, 0.15) is 6.10 Å². The van der Waals surface area contributed by atoms with Crippen LogP contribution in [0, 0.1) is 5.92 Å². The molecule has 1 aliphatic rings. The molecule has 0 spiro atoms. The molecule has 0 bridgehead atoms. The summed E-state index contributed by atoms with van der Waals surface area (Å²) in [6, 6.07) is 2.24. The van der Waals surface area contributed by atoms with Crippen molar-refractivity contribution < 1.29 is 9.53 Å². The molecule has 1 saturated heterocycles. The average Bonchev–Trinajstić information content (AvgIpc) is 2.90. The number of aromatic nitrogens is 2. The van der Waals surface area contributed by atoms with E-state index in [4.69, 9.17) is 4.74 Å². The largest absolute Gasteiger partial charge is 0.371 e. The lowest BCUT2D eigenvalue weighted by Gasteiger charge is -2.31. The van der Waals surface area contributed by atoms with Gasteiger partial charge >= 0.3 is 0 Å². The molecule has 0 saturated carbocycles. The predicted octanol–water partition coefficient (Wildman–Crippen LogP) is 0.954. The summed E-state index contributed by atoms with van der Waals surface area (Å²) in [5.74, 6) is -0.0573. The van der Waals surface area contributed by atoms with Crippen LogP contribution < -0.4 is 5.32 Å². The van der Waals surface area contributed by atoms with Crippen LogP contribution in [0.4, 0.5) is 0 Å². The monoisotopic (exact) mass is 294 g/mol. The van der Waals surface area contributed by atoms with Gasteiger partial charge in [0, 0.05) is 32.4 Å². The zero-order valence-electron chi connectivity index (χ0n) is 13.4. The van der Waals surface area contributed by atoms with E-state index in [1.54, 1.807) is 10.9 Å². The van der Waals surface area contributed by atoms with Crippen LogP contribution in [0.2, 0.25) is 0 Å². The SMILES string of the molecule is C[C@@H](CNC(=O)[C@@H]1CCCO[C@H]1c1ccnn1C)N(C)C. The van der Waals surface area contributed by atoms with E-state index in [0.29, 0.717) is 19.2 Å². The molecule has 118 valence electrons. The second kappa shape index (κ2) is 7.04. The standard InChI is InChI=1S/C15H26N4O2/c1-11(18(2)3)10-16-15(20)12-6-5-9-21-14(12)13-7-8-17-19(13)4/h7-8,11-12,14H,5-6,9-10H2,1-4H3,(H,16,20)/t11-,12+,14+/m0/s1. The van der Waals surface area contributed by atoms with Crippen LogP contribution in [-0.2, 0) is 16.6 Å². The second-order valence-electron chi connectivity index (χ2n) is 5.98. The highest BCUT2D eigenvalue weighted by Gasteiger charge is 2.34. The van der Waals surface area contributed by atoms with Crippen molar-refractivity contribution in [3.63, 3.8) is 0 Å². The first-order valence-corrected chi connectivity index (χ1v) is 7.54. The van der Waals surface area contributed by atoms with E-state index >= 15 is 0 Å². The van der Waals surface area contributed by atoms with Crippen molar-refractivity contribution in [3.05, 3.63) is 18.0 Å². The number of nitrogens with zero attached hydrogens (tertiary/aromatic N) is 3. The molecule has 1 aliphatic heterocycles. The summed E-state index contributed by atoms with van der Waals surface area (Å²) in [4.78, 5) is 14.6. The summed E-state index contributed by atoms with van der Waals surface area (Å²) in [5.41, 5.74) is 0.968. The van der Waals surface area contributed by atoms with Crippen LogP contribution >= 0.6 is 0 Å². The molecule has 6 nitrogen and oxygen atoms in total. The fourth-order valence-corrected chi connectivity index (χ4v) is 2.57. The topological polar surface area (TPSA) is 59.4 Å². The van der Waals surface area contributed by atoms with Crippen LogP contribution in [0.1, 0.15) is 31.6 Å². The number of carbonyl (C=O) groups excluding carboxylic acids is 1. The molecule has 1 amide bonds. The number of likely N-dealkylation sites (N-methyl/N-ethyl adjacent to an activating group) is 1. The Hall–Kier alpha value is -1.40. The zero-order valence-corrected chi connectivity index (χ0v) is 13.4. The maximum atomic E-state index is 12.5. The Kier molecular flexibility index (Phi) is 5.36. The first-order valence-electron chi connectivity index (χ1n) is 7.54. The number of nitrogens with one attached hydrogen (secondary N) is 1. The van der Waals surface area contributed by atoms with Crippen LogP contribution in [0.5, 0.6) is 0 Å². The fourth-order valence-electron chi connectivity index (χ4n) is 2.57. The van der Waals surface area contributed by atoms with E-state index in [2.05, 4.69) is 22.2 Å². The smallest absolute Gasteiger partial charge is 0.226 e. The second-order valence-corrected chi connectivity index (χ2v) is 5.98. The van der Waals surface area contributed by atoms with Gasteiger partial charge < -0.3 is 15.0 Å². The minimum Gasteiger partial charge on any atom is -0.371 e. The van der Waals surface area contributed by atoms with Crippen molar-refractivity contribution in [1.82, 2.24) is 20.0 Å². The van der Waals surface area contributed by atoms with Crippen LogP contribution in [0.25, 0.3) is 0 Å². The van der Waals surface area contributed by atoms with Gasteiger partial charge in [-0.2, -0.15) is 5.10 Å². The lowest BCUT2D eigenvalue weighted by molar-refractivity contribution is -0.135. The maximum Gasteiger partial charge on any atom is 0.226 e. The molecule has 0 aliphatic carbocycles. The van der Waals surface area contributed by atoms with E-state index in [0.717, 1.165) is 18.5 Å². The molecule has 0 aromatic carbocycles. The van der Waals surface area contributed by atoms with E-state index in [9.17, 15) is 4.79 Å². The third kappa shape index (κ3) is 3.83. The minimum absolute atomic E-state index is 0.0783. The Morgan fingerprint density at radius 1 is 1.62 bits per heavy atom. The Morgan fingerprint density at radius 3 is 3.00 bits per heavy atom. The van der Waals surface area contributed by atoms with E-state index in [-0.39, 0.29) is 17.9 Å². The van der Waals surface area contributed by atoms with Crippen LogP contribution in [0.3, 0.4) is 0 Å². The summed E-state index contributed by atoms with van der Waals surface area (Å²) in [6.07, 6.45) is 3.34. The number of aryl methyl sites for hydroxylation is 1. The highest BCUT2D eigenvalue weighted by molar-refractivity contribution is 5.79. The van der Waals surface area contributed by atoms with Gasteiger partial charge in [-0.15, -0.1) is 0 Å². The third-order valence-electron chi connectivity index (χ3n) is 4.26. The third-order valence-corrected chi connectivity index (χ3v) is 4.26. The Morgan fingerprint density at radius 2 is 2.38 bits per heavy atom. The van der Waals surface area contributed by atoms with Gasteiger partial charge in [0.25, 0.3) is 0 Å². The van der Waals surface area contributed by atoms with Gasteiger partial charge in [0.05, 0.1) is 11.6 Å². The van der Waals surface area contributed by atoms with Gasteiger partial charge in [-0.1, -0.05) is 0 Å². The Balaban J connectivity index is 2.02. The van der Waals surface area contributed by atoms with Crippen LogP contribution in [0.15, 0.2) is 12.3 Å². The fraction of sp³-hybridized carbons (Fsp3) is 0.733. The normalized spacial score (nSPS) is 24.0. The van der Waals surface area contributed by atoms with Gasteiger partial charge in [-0.05, 0) is 39.9 Å². The zero-order chi connectivity index (χ0) is 15.4. The van der Waals surface area contributed by atoms with Gasteiger partial charge in [0.15, 0.2) is 0 Å². The molecular formula is C15H26N4O2. The van der Waals surface area contributed by atoms with Crippen LogP contribution in [-0.4, -0.2) is 53.9 Å². The molecule has 1 aromatic rings. The lowest BCUT2D eigenvalue weighted by atomic mass is 9.91. The summed E-state index contributed by atoms with van der Waals surface area (Å²) in [7, 11) is 5.91. The maximum absolute atomic E-state index is 12.5. The number of ether oxygens (including phenoxy) is 1. The quantitative estimate of drug-likeness (QED) is 0.878. The summed E-state index contributed by atoms with van der Waals surface area (Å²) < 4.78 is 7.65. The molecule has 2 heterocycles. The van der Waals surface area contributed by atoms with Crippen molar-refractivity contribution in [2.24, 2.45) is 13.0 Å². The number of rotatable bonds is 5. The average molecular weight is 294 g/mol. The first-order chi connectivity index (χ1) is 10.0. The van der Waals surface area contributed by atoms with E-state index in [1.165, 1.54) is 0 Å². The van der Waals surface area contributed by atoms with E-state index < -0.39 is 0 Å². The molecule has 0 radical (unpaired) electrons. The van der Waals surface area contributed by atoms with Crippen molar-refractivity contribution in [2.45, 2.75) is 31.9 Å². The molecule has 3 atom stereocenters. The molecule has 6 heteroatoms. The molecule has 1 N–H and O–H groups in total. The molecule has 0 unspecified atom stereocenters. The first kappa shape index (κ1) is 16.0. The summed E-state index contributed by atoms with van der Waals surface area (Å²) >= 11 is 0. The highest BCUT2D eigenvalue weighted by Crippen LogP contribution is 2.33. The summed E-state index contributed by atoms with van der Waals surface area (Å²) in [5, 5.41) is 7.24. The van der Waals surface area contributed by atoms with E-state index in [1.807, 2.05) is 27.2 Å². The molecule has 1 aromatic heterocycles. The Labute approximate surface area is 126 Å². The van der Waals surface area contributed by atoms with Gasteiger partial charge in [0.2, 0.25) is 5.91 Å². The number of carbonyl (C=O) groups is 1. The lowest BCUT2D eigenvalue weighted by Crippen LogP contribution is -2.43. The molecule has 21 heavy (non-hydrogen) atoms. The Bertz CT molecular complexity index is 472. The molecule has 1 fully saturated rings. The van der Waals surface area contributed by atoms with Crippen molar-refractivity contribution in [2.75, 3.05) is 27.2 Å². The molecular weight excluding hydrogens is 268 g/mol. The van der Waals surface area contributed by atoms with Crippen molar-refractivity contribution >= 4 is 5.91 Å². The van der Waals surface area contributed by atoms with Gasteiger partial charge in [-0.25, -0.2) is 0 Å².